The zero-order chi connectivity index (χ0) is 17.1. The van der Waals surface area contributed by atoms with Crippen LogP contribution in [0.1, 0.15) is 19.8 Å². The van der Waals surface area contributed by atoms with E-state index in [0.29, 0.717) is 0 Å². The van der Waals surface area contributed by atoms with Crippen LogP contribution in [-0.2, 0) is 0 Å². The molecule has 1 aromatic heterocycles. The maximum absolute atomic E-state index is 5.03. The first-order valence-electron chi connectivity index (χ1n) is 9.04. The molecule has 0 radical (unpaired) electrons. The summed E-state index contributed by atoms with van der Waals surface area (Å²) in [6.07, 6.45) is 4.39. The van der Waals surface area contributed by atoms with Gasteiger partial charge in [-0.05, 0) is 18.8 Å². The number of nitrogens with zero attached hydrogens (tertiary/aromatic N) is 3. The van der Waals surface area contributed by atoms with E-state index in [1.165, 1.54) is 12.8 Å². The second-order valence-corrected chi connectivity index (χ2v) is 6.83. The van der Waals surface area contributed by atoms with Gasteiger partial charge in [0.05, 0.1) is 17.6 Å². The van der Waals surface area contributed by atoms with E-state index in [0.717, 1.165) is 47.3 Å². The highest BCUT2D eigenvalue weighted by molar-refractivity contribution is 5.78. The van der Waals surface area contributed by atoms with Crippen LogP contribution in [0.15, 0.2) is 66.9 Å². The highest BCUT2D eigenvalue weighted by Crippen LogP contribution is 2.31. The van der Waals surface area contributed by atoms with Crippen LogP contribution in [0.4, 0.5) is 5.82 Å². The molecule has 4 rings (SSSR count). The molecule has 2 aromatic carbocycles. The minimum absolute atomic E-state index is 0.807. The van der Waals surface area contributed by atoms with Crippen LogP contribution in [0, 0.1) is 5.92 Å². The quantitative estimate of drug-likeness (QED) is 0.673. The normalized spacial score (nSPS) is 15.3. The van der Waals surface area contributed by atoms with Gasteiger partial charge in [0, 0.05) is 24.2 Å². The molecule has 0 aliphatic carbocycles. The van der Waals surface area contributed by atoms with Gasteiger partial charge in [-0.2, -0.15) is 0 Å². The van der Waals surface area contributed by atoms with E-state index < -0.39 is 0 Å². The van der Waals surface area contributed by atoms with Crippen molar-refractivity contribution in [2.24, 2.45) is 5.92 Å². The summed E-state index contributed by atoms with van der Waals surface area (Å²) in [5.74, 6) is 1.80. The Hall–Kier alpha value is -2.68. The van der Waals surface area contributed by atoms with Crippen LogP contribution in [-0.4, -0.2) is 23.1 Å². The van der Waals surface area contributed by atoms with Gasteiger partial charge in [0.2, 0.25) is 0 Å². The number of aromatic nitrogens is 2. The Morgan fingerprint density at radius 3 is 1.96 bits per heavy atom. The summed E-state index contributed by atoms with van der Waals surface area (Å²) in [5, 5.41) is 0. The van der Waals surface area contributed by atoms with Crippen molar-refractivity contribution in [3.8, 4) is 22.5 Å². The third-order valence-electron chi connectivity index (χ3n) is 4.96. The summed E-state index contributed by atoms with van der Waals surface area (Å²) in [7, 11) is 0. The Balaban J connectivity index is 1.78. The lowest BCUT2D eigenvalue weighted by Crippen LogP contribution is -2.33. The summed E-state index contributed by atoms with van der Waals surface area (Å²) in [5.41, 5.74) is 4.12. The third kappa shape index (κ3) is 3.41. The summed E-state index contributed by atoms with van der Waals surface area (Å²) in [6, 6.07) is 20.7. The van der Waals surface area contributed by atoms with Crippen molar-refractivity contribution in [1.82, 2.24) is 9.97 Å². The van der Waals surface area contributed by atoms with Crippen molar-refractivity contribution in [2.45, 2.75) is 19.8 Å². The molecule has 0 saturated carbocycles. The fourth-order valence-electron chi connectivity index (χ4n) is 3.37. The number of anilines is 1. The van der Waals surface area contributed by atoms with Crippen molar-refractivity contribution < 1.29 is 0 Å². The highest BCUT2D eigenvalue weighted by atomic mass is 15.2. The molecular weight excluding hydrogens is 306 g/mol. The van der Waals surface area contributed by atoms with Gasteiger partial charge in [-0.1, -0.05) is 67.6 Å². The van der Waals surface area contributed by atoms with Crippen LogP contribution in [0.25, 0.3) is 22.5 Å². The maximum Gasteiger partial charge on any atom is 0.147 e. The van der Waals surface area contributed by atoms with Crippen molar-refractivity contribution in [2.75, 3.05) is 18.0 Å². The highest BCUT2D eigenvalue weighted by Gasteiger charge is 2.19. The van der Waals surface area contributed by atoms with Gasteiger partial charge >= 0.3 is 0 Å². The van der Waals surface area contributed by atoms with Crippen LogP contribution in [0.2, 0.25) is 0 Å². The molecule has 1 aliphatic rings. The molecule has 0 bridgehead atoms. The number of hydrogen-bond donors (Lipinski definition) is 0. The average Bonchev–Trinajstić information content (AvgIpc) is 2.69. The summed E-state index contributed by atoms with van der Waals surface area (Å²) in [6.45, 7) is 4.46. The predicted octanol–water partition coefficient (Wildman–Crippen LogP) is 5.05. The molecule has 1 saturated heterocycles. The van der Waals surface area contributed by atoms with Gasteiger partial charge in [0.15, 0.2) is 0 Å². The second-order valence-electron chi connectivity index (χ2n) is 6.83. The molecule has 3 nitrogen and oxygen atoms in total. The lowest BCUT2D eigenvalue weighted by Gasteiger charge is -2.31. The smallest absolute Gasteiger partial charge is 0.147 e. The second kappa shape index (κ2) is 7.06. The van der Waals surface area contributed by atoms with E-state index in [1.54, 1.807) is 0 Å². The summed E-state index contributed by atoms with van der Waals surface area (Å²) in [4.78, 5) is 12.2. The molecule has 0 spiro atoms. The molecule has 3 aromatic rings. The van der Waals surface area contributed by atoms with Crippen LogP contribution in [0.5, 0.6) is 0 Å². The van der Waals surface area contributed by atoms with Crippen LogP contribution < -0.4 is 4.90 Å². The Morgan fingerprint density at radius 1 is 0.800 bits per heavy atom. The van der Waals surface area contributed by atoms with Crippen molar-refractivity contribution in [3.63, 3.8) is 0 Å². The van der Waals surface area contributed by atoms with Crippen LogP contribution in [0.3, 0.4) is 0 Å². The predicted molar refractivity (Wildman–Crippen MR) is 104 cm³/mol. The fraction of sp³-hybridized carbons (Fsp3) is 0.273. The Morgan fingerprint density at radius 2 is 1.36 bits per heavy atom. The molecule has 1 fully saturated rings. The minimum atomic E-state index is 0.807. The molecule has 2 heterocycles. The van der Waals surface area contributed by atoms with Crippen LogP contribution >= 0.6 is 0 Å². The van der Waals surface area contributed by atoms with Gasteiger partial charge < -0.3 is 4.90 Å². The Bertz CT molecular complexity index is 822. The van der Waals surface area contributed by atoms with Gasteiger partial charge in [0.1, 0.15) is 5.82 Å². The molecule has 1 aliphatic heterocycles. The molecule has 0 atom stereocenters. The SMILES string of the molecule is CC1CCN(c2cnc(-c3ccccc3)c(-c3ccccc3)n2)CC1. The summed E-state index contributed by atoms with van der Waals surface area (Å²) < 4.78 is 0. The molecule has 0 N–H and O–H groups in total. The lowest BCUT2D eigenvalue weighted by atomic mass is 9.99. The topological polar surface area (TPSA) is 29.0 Å². The van der Waals surface area contributed by atoms with Gasteiger partial charge in [-0.15, -0.1) is 0 Å². The van der Waals surface area contributed by atoms with Crippen molar-refractivity contribution in [1.29, 1.82) is 0 Å². The minimum Gasteiger partial charge on any atom is -0.355 e. The first-order chi connectivity index (χ1) is 12.3. The van der Waals surface area contributed by atoms with E-state index in [9.17, 15) is 0 Å². The van der Waals surface area contributed by atoms with E-state index in [4.69, 9.17) is 9.97 Å². The number of rotatable bonds is 3. The molecule has 3 heteroatoms. The fourth-order valence-corrected chi connectivity index (χ4v) is 3.37. The van der Waals surface area contributed by atoms with E-state index in [1.807, 2.05) is 30.5 Å². The molecule has 0 amide bonds. The summed E-state index contributed by atoms with van der Waals surface area (Å²) >= 11 is 0. The zero-order valence-electron chi connectivity index (χ0n) is 14.6. The Labute approximate surface area is 149 Å². The van der Waals surface area contributed by atoms with Gasteiger partial charge in [-0.3, -0.25) is 4.98 Å². The maximum atomic E-state index is 5.03. The molecule has 0 unspecified atom stereocenters. The molecule has 126 valence electrons. The third-order valence-corrected chi connectivity index (χ3v) is 4.96. The lowest BCUT2D eigenvalue weighted by molar-refractivity contribution is 0.436. The first-order valence-corrected chi connectivity index (χ1v) is 9.04. The number of piperidine rings is 1. The molecule has 25 heavy (non-hydrogen) atoms. The zero-order valence-corrected chi connectivity index (χ0v) is 14.6. The largest absolute Gasteiger partial charge is 0.355 e. The molecular formula is C22H23N3. The van der Waals surface area contributed by atoms with E-state index >= 15 is 0 Å². The van der Waals surface area contributed by atoms with Gasteiger partial charge in [-0.25, -0.2) is 4.98 Å². The standard InChI is InChI=1S/C22H23N3/c1-17-12-14-25(15-13-17)20-16-23-21(18-8-4-2-5-9-18)22(24-20)19-10-6-3-7-11-19/h2-11,16-17H,12-15H2,1H3. The van der Waals surface area contributed by atoms with Crippen molar-refractivity contribution in [3.05, 3.63) is 66.9 Å². The number of hydrogen-bond acceptors (Lipinski definition) is 3. The first kappa shape index (κ1) is 15.8. The Kier molecular flexibility index (Phi) is 4.47. The average molecular weight is 329 g/mol. The van der Waals surface area contributed by atoms with Gasteiger partial charge in [0.25, 0.3) is 0 Å². The monoisotopic (exact) mass is 329 g/mol. The van der Waals surface area contributed by atoms with E-state index in [-0.39, 0.29) is 0 Å². The van der Waals surface area contributed by atoms with Crippen molar-refractivity contribution >= 4 is 5.82 Å². The van der Waals surface area contributed by atoms with E-state index in [2.05, 4.69) is 48.2 Å². The number of benzene rings is 2.